The smallest absolute Gasteiger partial charge is 0.264 e. The number of rotatable bonds is 6. The van der Waals surface area contributed by atoms with Gasteiger partial charge in [-0.15, -0.1) is 0 Å². The molecule has 0 radical (unpaired) electrons. The highest BCUT2D eigenvalue weighted by molar-refractivity contribution is 6.25. The first-order valence-corrected chi connectivity index (χ1v) is 14.5. The number of anilines is 1. The van der Waals surface area contributed by atoms with E-state index in [1.165, 1.54) is 0 Å². The van der Waals surface area contributed by atoms with Crippen molar-refractivity contribution in [1.29, 1.82) is 0 Å². The quantitative estimate of drug-likeness (QED) is 0.519. The number of imide groups is 2. The number of carbonyl (C=O) groups is 5. The summed E-state index contributed by atoms with van der Waals surface area (Å²) in [5.74, 6) is -1.81. The van der Waals surface area contributed by atoms with E-state index < -0.39 is 29.7 Å². The van der Waals surface area contributed by atoms with E-state index in [2.05, 4.69) is 22.2 Å². The third-order valence-electron chi connectivity index (χ3n) is 9.47. The molecule has 3 fully saturated rings. The number of hydrogen-bond donors (Lipinski definition) is 2. The first kappa shape index (κ1) is 27.2. The SMILES string of the molecule is Cc1nn(C2CCN(C(=O)C3(C)CCC3)CC2)c(C)c1CNc1cccc2c1C(=O)N(C1CCC(=O)NC1=O)C2=O. The summed E-state index contributed by atoms with van der Waals surface area (Å²) in [6, 6.07) is 4.26. The lowest BCUT2D eigenvalue weighted by Crippen LogP contribution is -2.54. The van der Waals surface area contributed by atoms with Crippen LogP contribution in [0.5, 0.6) is 0 Å². The van der Waals surface area contributed by atoms with Crippen LogP contribution in [0.2, 0.25) is 0 Å². The summed E-state index contributed by atoms with van der Waals surface area (Å²) in [5.41, 5.74) is 3.75. The summed E-state index contributed by atoms with van der Waals surface area (Å²) in [6.07, 6.45) is 5.01. The molecular formula is C30H36N6O5. The fourth-order valence-electron chi connectivity index (χ4n) is 6.77. The number of benzene rings is 1. The fourth-order valence-corrected chi connectivity index (χ4v) is 6.77. The van der Waals surface area contributed by atoms with Crippen LogP contribution in [0, 0.1) is 19.3 Å². The topological polar surface area (TPSA) is 134 Å². The van der Waals surface area contributed by atoms with Gasteiger partial charge in [0.15, 0.2) is 0 Å². The predicted octanol–water partition coefficient (Wildman–Crippen LogP) is 2.87. The van der Waals surface area contributed by atoms with Crippen LogP contribution in [-0.4, -0.2) is 68.2 Å². The van der Waals surface area contributed by atoms with E-state index in [1.54, 1.807) is 18.2 Å². The van der Waals surface area contributed by atoms with Crippen LogP contribution in [0.25, 0.3) is 0 Å². The van der Waals surface area contributed by atoms with E-state index in [-0.39, 0.29) is 35.4 Å². The van der Waals surface area contributed by atoms with Gasteiger partial charge in [0, 0.05) is 48.4 Å². The summed E-state index contributed by atoms with van der Waals surface area (Å²) in [7, 11) is 0. The average Bonchev–Trinajstić information content (AvgIpc) is 3.37. The van der Waals surface area contributed by atoms with Crippen LogP contribution < -0.4 is 10.6 Å². The van der Waals surface area contributed by atoms with Gasteiger partial charge in [-0.2, -0.15) is 5.10 Å². The maximum atomic E-state index is 13.4. The van der Waals surface area contributed by atoms with Crippen molar-refractivity contribution in [2.45, 2.75) is 84.3 Å². The molecule has 1 atom stereocenters. The molecule has 4 aliphatic rings. The van der Waals surface area contributed by atoms with Crippen molar-refractivity contribution in [3.8, 4) is 0 Å². The average molecular weight is 561 g/mol. The number of likely N-dealkylation sites (tertiary alicyclic amines) is 1. The monoisotopic (exact) mass is 560 g/mol. The first-order chi connectivity index (χ1) is 19.6. The van der Waals surface area contributed by atoms with Gasteiger partial charge in [-0.1, -0.05) is 19.4 Å². The Bertz CT molecular complexity index is 1470. The molecule has 6 rings (SSSR count). The molecule has 11 heteroatoms. The summed E-state index contributed by atoms with van der Waals surface area (Å²) < 4.78 is 2.08. The minimum absolute atomic E-state index is 0.0756. The third kappa shape index (κ3) is 4.51. The van der Waals surface area contributed by atoms with Crippen LogP contribution in [-0.2, 0) is 20.9 Å². The number of nitrogens with zero attached hydrogens (tertiary/aromatic N) is 4. The standard InChI is InChI=1S/C30H36N6O5/c1-17-21(18(2)36(33-17)19-10-14-34(15-11-19)29(41)30(3)12-5-13-30)16-31-22-7-4-6-20-25(22)28(40)35(27(20)39)23-8-9-24(37)32-26(23)38/h4,6-7,19,23,31H,5,8-16H2,1-3H3,(H,32,37,38). The van der Waals surface area contributed by atoms with Gasteiger partial charge >= 0.3 is 0 Å². The first-order valence-electron chi connectivity index (χ1n) is 14.5. The van der Waals surface area contributed by atoms with Crippen LogP contribution in [0.4, 0.5) is 5.69 Å². The van der Waals surface area contributed by atoms with Gasteiger partial charge in [0.1, 0.15) is 6.04 Å². The van der Waals surface area contributed by atoms with E-state index >= 15 is 0 Å². The molecule has 2 N–H and O–H groups in total. The van der Waals surface area contributed by atoms with E-state index in [1.807, 2.05) is 18.7 Å². The Labute approximate surface area is 238 Å². The summed E-state index contributed by atoms with van der Waals surface area (Å²) >= 11 is 0. The molecule has 5 amide bonds. The highest BCUT2D eigenvalue weighted by Gasteiger charge is 2.46. The van der Waals surface area contributed by atoms with Crippen LogP contribution in [0.15, 0.2) is 18.2 Å². The number of hydrogen-bond acceptors (Lipinski definition) is 7. The Morgan fingerprint density at radius 2 is 1.80 bits per heavy atom. The van der Waals surface area contributed by atoms with Crippen molar-refractivity contribution in [3.63, 3.8) is 0 Å². The van der Waals surface area contributed by atoms with E-state index in [9.17, 15) is 24.0 Å². The Kier molecular flexibility index (Phi) is 6.70. The molecule has 1 saturated carbocycles. The minimum Gasteiger partial charge on any atom is -0.380 e. The number of nitrogens with one attached hydrogen (secondary N) is 2. The number of aromatic nitrogens is 2. The number of aryl methyl sites for hydroxylation is 1. The molecule has 1 aromatic heterocycles. The van der Waals surface area contributed by atoms with Crippen molar-refractivity contribution in [2.24, 2.45) is 5.41 Å². The number of piperidine rings is 2. The van der Waals surface area contributed by atoms with Crippen LogP contribution >= 0.6 is 0 Å². The van der Waals surface area contributed by atoms with Gasteiger partial charge in [-0.3, -0.25) is 38.9 Å². The molecule has 0 spiro atoms. The summed E-state index contributed by atoms with van der Waals surface area (Å²) in [6.45, 7) is 7.97. The maximum Gasteiger partial charge on any atom is 0.264 e. The van der Waals surface area contributed by atoms with Gasteiger partial charge < -0.3 is 10.2 Å². The molecule has 1 aromatic carbocycles. The molecular weight excluding hydrogens is 524 g/mol. The van der Waals surface area contributed by atoms with Gasteiger partial charge in [-0.25, -0.2) is 0 Å². The third-order valence-corrected chi connectivity index (χ3v) is 9.47. The van der Waals surface area contributed by atoms with Crippen molar-refractivity contribution in [3.05, 3.63) is 46.3 Å². The Morgan fingerprint density at radius 3 is 2.46 bits per heavy atom. The fraction of sp³-hybridized carbons (Fsp3) is 0.533. The second-order valence-corrected chi connectivity index (χ2v) is 12.1. The molecule has 216 valence electrons. The Balaban J connectivity index is 1.15. The Hall–Kier alpha value is -4.02. The molecule has 3 aliphatic heterocycles. The molecule has 2 saturated heterocycles. The number of fused-ring (bicyclic) bond motifs is 1. The zero-order valence-electron chi connectivity index (χ0n) is 23.8. The molecule has 41 heavy (non-hydrogen) atoms. The predicted molar refractivity (Wildman–Crippen MR) is 149 cm³/mol. The van der Waals surface area contributed by atoms with Crippen molar-refractivity contribution >= 4 is 35.2 Å². The second kappa shape index (κ2) is 10.1. The maximum absolute atomic E-state index is 13.4. The summed E-state index contributed by atoms with van der Waals surface area (Å²) in [4.78, 5) is 66.6. The van der Waals surface area contributed by atoms with Gasteiger partial charge in [0.05, 0.1) is 22.9 Å². The number of amides is 5. The number of carbonyl (C=O) groups excluding carboxylic acids is 5. The van der Waals surface area contributed by atoms with E-state index in [4.69, 9.17) is 5.10 Å². The molecule has 11 nitrogen and oxygen atoms in total. The lowest BCUT2D eigenvalue weighted by atomic mass is 9.69. The summed E-state index contributed by atoms with van der Waals surface area (Å²) in [5, 5.41) is 10.4. The minimum atomic E-state index is -1.01. The lowest BCUT2D eigenvalue weighted by Gasteiger charge is -2.43. The van der Waals surface area contributed by atoms with E-state index in [0.717, 1.165) is 67.0 Å². The molecule has 1 unspecified atom stereocenters. The molecule has 0 bridgehead atoms. The largest absolute Gasteiger partial charge is 0.380 e. The molecule has 2 aromatic rings. The van der Waals surface area contributed by atoms with E-state index in [0.29, 0.717) is 18.1 Å². The zero-order valence-corrected chi connectivity index (χ0v) is 23.8. The van der Waals surface area contributed by atoms with Gasteiger partial charge in [0.25, 0.3) is 11.8 Å². The normalized spacial score (nSPS) is 22.5. The molecule has 1 aliphatic carbocycles. The van der Waals surface area contributed by atoms with Crippen molar-refractivity contribution in [1.82, 2.24) is 24.9 Å². The highest BCUT2D eigenvalue weighted by Crippen LogP contribution is 2.42. The lowest BCUT2D eigenvalue weighted by molar-refractivity contribution is -0.147. The second-order valence-electron chi connectivity index (χ2n) is 12.1. The van der Waals surface area contributed by atoms with Gasteiger partial charge in [-0.05, 0) is 58.1 Å². The molecule has 4 heterocycles. The highest BCUT2D eigenvalue weighted by atomic mass is 16.2. The Morgan fingerprint density at radius 1 is 1.07 bits per heavy atom. The zero-order chi connectivity index (χ0) is 29.1. The van der Waals surface area contributed by atoms with Crippen LogP contribution in [0.3, 0.4) is 0 Å². The van der Waals surface area contributed by atoms with Crippen molar-refractivity contribution < 1.29 is 24.0 Å². The van der Waals surface area contributed by atoms with Crippen LogP contribution in [0.1, 0.15) is 95.6 Å². The van der Waals surface area contributed by atoms with Gasteiger partial charge in [0.2, 0.25) is 17.7 Å². The van der Waals surface area contributed by atoms with Crippen molar-refractivity contribution in [2.75, 3.05) is 18.4 Å².